The molecule has 0 saturated carbocycles. The monoisotopic (exact) mass is 261 g/mol. The fourth-order valence-corrected chi connectivity index (χ4v) is 3.16. The van der Waals surface area contributed by atoms with Crippen molar-refractivity contribution in [3.8, 4) is 0 Å². The van der Waals surface area contributed by atoms with Gasteiger partial charge in [-0.2, -0.15) is 0 Å². The van der Waals surface area contributed by atoms with Gasteiger partial charge < -0.3 is 14.8 Å². The Balaban J connectivity index is 1.48. The number of H-pyrrole nitrogens is 1. The van der Waals surface area contributed by atoms with Crippen molar-refractivity contribution in [3.05, 3.63) is 23.5 Å². The third-order valence-corrected chi connectivity index (χ3v) is 4.37. The van der Waals surface area contributed by atoms with Crippen molar-refractivity contribution in [2.24, 2.45) is 0 Å². The molecule has 1 fully saturated rings. The Labute approximate surface area is 114 Å². The number of aromatic amines is 1. The molecule has 0 bridgehead atoms. The summed E-state index contributed by atoms with van der Waals surface area (Å²) in [6.45, 7) is 4.95. The van der Waals surface area contributed by atoms with Crippen molar-refractivity contribution in [3.63, 3.8) is 0 Å². The molecule has 1 aromatic rings. The second-order valence-corrected chi connectivity index (χ2v) is 5.70. The number of aromatic nitrogens is 1. The van der Waals surface area contributed by atoms with Gasteiger partial charge in [-0.25, -0.2) is 0 Å². The molecule has 0 aromatic carbocycles. The first-order valence-corrected chi connectivity index (χ1v) is 7.48. The maximum atomic E-state index is 12.3. The largest absolute Gasteiger partial charge is 0.365 e. The van der Waals surface area contributed by atoms with Crippen LogP contribution in [0.5, 0.6) is 0 Å². The van der Waals surface area contributed by atoms with E-state index in [0.29, 0.717) is 12.3 Å². The van der Waals surface area contributed by atoms with E-state index in [9.17, 15) is 4.79 Å². The predicted molar refractivity (Wildman–Crippen MR) is 74.8 cm³/mol. The predicted octanol–water partition coefficient (Wildman–Crippen LogP) is 1.78. The minimum Gasteiger partial charge on any atom is -0.365 e. The lowest BCUT2D eigenvalue weighted by Crippen LogP contribution is -2.38. The Hall–Kier alpha value is -1.29. The molecule has 2 aliphatic rings. The van der Waals surface area contributed by atoms with Gasteiger partial charge in [0.05, 0.1) is 0 Å². The number of piperidine rings is 1. The standard InChI is InChI=1S/C15H23N3O/c19-15(6-10-17-8-2-1-3-9-17)18-11-5-14-13(12-18)4-7-16-14/h4,7,16H,1-3,5-6,8-12H2. The fourth-order valence-electron chi connectivity index (χ4n) is 3.16. The average Bonchev–Trinajstić information content (AvgIpc) is 2.93. The van der Waals surface area contributed by atoms with Crippen LogP contribution in [0.1, 0.15) is 36.9 Å². The van der Waals surface area contributed by atoms with Crippen molar-refractivity contribution in [2.75, 3.05) is 26.2 Å². The van der Waals surface area contributed by atoms with Gasteiger partial charge in [0.1, 0.15) is 0 Å². The van der Waals surface area contributed by atoms with Crippen LogP contribution in [-0.2, 0) is 17.8 Å². The van der Waals surface area contributed by atoms with Gasteiger partial charge in [-0.15, -0.1) is 0 Å². The maximum absolute atomic E-state index is 12.3. The zero-order chi connectivity index (χ0) is 13.1. The molecule has 3 rings (SSSR count). The van der Waals surface area contributed by atoms with E-state index in [1.807, 2.05) is 11.1 Å². The Bertz CT molecular complexity index is 434. The zero-order valence-corrected chi connectivity index (χ0v) is 11.5. The quantitative estimate of drug-likeness (QED) is 0.901. The summed E-state index contributed by atoms with van der Waals surface area (Å²) in [5.41, 5.74) is 2.60. The summed E-state index contributed by atoms with van der Waals surface area (Å²) in [7, 11) is 0. The molecule has 4 nitrogen and oxygen atoms in total. The summed E-state index contributed by atoms with van der Waals surface area (Å²) in [5.74, 6) is 0.317. The molecule has 0 unspecified atom stereocenters. The number of hydrogen-bond acceptors (Lipinski definition) is 2. The normalized spacial score (nSPS) is 20.3. The van der Waals surface area contributed by atoms with Crippen LogP contribution in [0.25, 0.3) is 0 Å². The second kappa shape index (κ2) is 5.78. The van der Waals surface area contributed by atoms with Crippen molar-refractivity contribution >= 4 is 5.91 Å². The molecule has 1 aromatic heterocycles. The van der Waals surface area contributed by atoms with E-state index in [2.05, 4.69) is 16.0 Å². The van der Waals surface area contributed by atoms with Crippen molar-refractivity contribution in [1.29, 1.82) is 0 Å². The summed E-state index contributed by atoms with van der Waals surface area (Å²) in [4.78, 5) is 20.0. The molecule has 0 atom stereocenters. The van der Waals surface area contributed by atoms with E-state index in [0.717, 1.165) is 26.1 Å². The van der Waals surface area contributed by atoms with Gasteiger partial charge >= 0.3 is 0 Å². The molecular formula is C15H23N3O. The lowest BCUT2D eigenvalue weighted by atomic mass is 10.1. The van der Waals surface area contributed by atoms with Crippen LogP contribution in [0.2, 0.25) is 0 Å². The minimum atomic E-state index is 0.317. The highest BCUT2D eigenvalue weighted by Gasteiger charge is 2.21. The van der Waals surface area contributed by atoms with E-state index in [4.69, 9.17) is 0 Å². The number of carbonyl (C=O) groups excluding carboxylic acids is 1. The molecular weight excluding hydrogens is 238 g/mol. The number of rotatable bonds is 3. The molecule has 4 heteroatoms. The van der Waals surface area contributed by atoms with Gasteiger partial charge in [0.15, 0.2) is 0 Å². The number of nitrogens with zero attached hydrogens (tertiary/aromatic N) is 2. The number of likely N-dealkylation sites (tertiary alicyclic amines) is 1. The Morgan fingerprint density at radius 2 is 2.05 bits per heavy atom. The zero-order valence-electron chi connectivity index (χ0n) is 11.5. The summed E-state index contributed by atoms with van der Waals surface area (Å²) in [6.07, 6.45) is 7.58. The van der Waals surface area contributed by atoms with E-state index in [-0.39, 0.29) is 0 Å². The lowest BCUT2D eigenvalue weighted by molar-refractivity contribution is -0.132. The summed E-state index contributed by atoms with van der Waals surface area (Å²) >= 11 is 0. The van der Waals surface area contributed by atoms with Crippen LogP contribution < -0.4 is 0 Å². The number of amides is 1. The van der Waals surface area contributed by atoms with Crippen molar-refractivity contribution < 1.29 is 4.79 Å². The van der Waals surface area contributed by atoms with Crippen LogP contribution in [-0.4, -0.2) is 46.9 Å². The molecule has 1 amide bonds. The highest BCUT2D eigenvalue weighted by molar-refractivity contribution is 5.76. The summed E-state index contributed by atoms with van der Waals surface area (Å²) in [6, 6.07) is 2.10. The van der Waals surface area contributed by atoms with Crippen LogP contribution in [0, 0.1) is 0 Å². The van der Waals surface area contributed by atoms with E-state index in [1.165, 1.54) is 43.6 Å². The Kier molecular flexibility index (Phi) is 3.87. The topological polar surface area (TPSA) is 39.3 Å². The summed E-state index contributed by atoms with van der Waals surface area (Å²) in [5, 5.41) is 0. The maximum Gasteiger partial charge on any atom is 0.224 e. The molecule has 2 aliphatic heterocycles. The van der Waals surface area contributed by atoms with Gasteiger partial charge in [-0.1, -0.05) is 6.42 Å². The SMILES string of the molecule is O=C(CCN1CCCCC1)N1CCc2[nH]ccc2C1. The number of hydrogen-bond donors (Lipinski definition) is 1. The third-order valence-electron chi connectivity index (χ3n) is 4.37. The highest BCUT2D eigenvalue weighted by Crippen LogP contribution is 2.18. The van der Waals surface area contributed by atoms with Crippen LogP contribution in [0.4, 0.5) is 0 Å². The number of nitrogens with one attached hydrogen (secondary N) is 1. The second-order valence-electron chi connectivity index (χ2n) is 5.70. The molecule has 1 saturated heterocycles. The van der Waals surface area contributed by atoms with Gasteiger partial charge in [-0.3, -0.25) is 4.79 Å². The molecule has 19 heavy (non-hydrogen) atoms. The molecule has 0 spiro atoms. The average molecular weight is 261 g/mol. The first-order valence-electron chi connectivity index (χ1n) is 7.48. The molecule has 0 radical (unpaired) electrons. The first kappa shape index (κ1) is 12.7. The lowest BCUT2D eigenvalue weighted by Gasteiger charge is -2.30. The molecule has 3 heterocycles. The minimum absolute atomic E-state index is 0.317. The van der Waals surface area contributed by atoms with Gasteiger partial charge in [0.25, 0.3) is 0 Å². The van der Waals surface area contributed by atoms with E-state index >= 15 is 0 Å². The van der Waals surface area contributed by atoms with E-state index in [1.54, 1.807) is 0 Å². The van der Waals surface area contributed by atoms with Crippen LogP contribution in [0.3, 0.4) is 0 Å². The molecule has 104 valence electrons. The molecule has 0 aliphatic carbocycles. The van der Waals surface area contributed by atoms with Gasteiger partial charge in [-0.05, 0) is 37.6 Å². The smallest absolute Gasteiger partial charge is 0.224 e. The molecule has 1 N–H and O–H groups in total. The van der Waals surface area contributed by atoms with Gasteiger partial charge in [0, 0.05) is 44.4 Å². The van der Waals surface area contributed by atoms with E-state index < -0.39 is 0 Å². The van der Waals surface area contributed by atoms with Crippen LogP contribution in [0.15, 0.2) is 12.3 Å². The number of fused-ring (bicyclic) bond motifs is 1. The highest BCUT2D eigenvalue weighted by atomic mass is 16.2. The van der Waals surface area contributed by atoms with Crippen LogP contribution >= 0.6 is 0 Å². The van der Waals surface area contributed by atoms with Crippen molar-refractivity contribution in [2.45, 2.75) is 38.6 Å². The summed E-state index contributed by atoms with van der Waals surface area (Å²) < 4.78 is 0. The van der Waals surface area contributed by atoms with Gasteiger partial charge in [0.2, 0.25) is 5.91 Å². The Morgan fingerprint density at radius 3 is 2.89 bits per heavy atom. The van der Waals surface area contributed by atoms with Crippen molar-refractivity contribution in [1.82, 2.24) is 14.8 Å². The number of carbonyl (C=O) groups is 1. The Morgan fingerprint density at radius 1 is 1.21 bits per heavy atom. The fraction of sp³-hybridized carbons (Fsp3) is 0.667. The third kappa shape index (κ3) is 3.00. The first-order chi connectivity index (χ1) is 9.33.